The van der Waals surface area contributed by atoms with Crippen LogP contribution >= 0.6 is 0 Å². The van der Waals surface area contributed by atoms with Gasteiger partial charge >= 0.3 is 0 Å². The van der Waals surface area contributed by atoms with Gasteiger partial charge in [-0.2, -0.15) is 0 Å². The van der Waals surface area contributed by atoms with Gasteiger partial charge in [-0.3, -0.25) is 14.8 Å². The van der Waals surface area contributed by atoms with Crippen LogP contribution in [-0.4, -0.2) is 37.3 Å². The number of fused-ring (bicyclic) bond motifs is 2. The van der Waals surface area contributed by atoms with Crippen LogP contribution in [0.5, 0.6) is 0 Å². The van der Waals surface area contributed by atoms with Gasteiger partial charge in [0, 0.05) is 18.9 Å². The molecule has 0 saturated carbocycles. The molecule has 0 aliphatic carbocycles. The van der Waals surface area contributed by atoms with Crippen molar-refractivity contribution in [2.75, 3.05) is 6.54 Å². The summed E-state index contributed by atoms with van der Waals surface area (Å²) in [5, 5.41) is 0. The van der Waals surface area contributed by atoms with Crippen molar-refractivity contribution in [1.82, 2.24) is 24.8 Å². The number of likely N-dealkylation sites (tertiary alicyclic amines) is 1. The molecular formula is C20H17N5O. The van der Waals surface area contributed by atoms with Gasteiger partial charge in [-0.05, 0) is 37.1 Å². The van der Waals surface area contributed by atoms with E-state index < -0.39 is 0 Å². The van der Waals surface area contributed by atoms with Crippen molar-refractivity contribution in [3.8, 4) is 0 Å². The average molecular weight is 343 g/mol. The standard InChI is InChI=1S/C20H17N5O/c26-20(13-5-3-8-16-18(13)22-11-10-21-16)25-12-4-9-17(25)19-23-14-6-1-2-7-15(14)24-19/h1-3,5-8,10-11,17H,4,9,12H2,(H,23,24). The predicted molar refractivity (Wildman–Crippen MR) is 98.6 cm³/mol. The molecule has 1 aliphatic rings. The fourth-order valence-corrected chi connectivity index (χ4v) is 3.74. The Morgan fingerprint density at radius 1 is 1.04 bits per heavy atom. The molecule has 0 bridgehead atoms. The lowest BCUT2D eigenvalue weighted by Gasteiger charge is -2.23. The predicted octanol–water partition coefficient (Wildman–Crippen LogP) is 3.48. The van der Waals surface area contributed by atoms with Crippen LogP contribution in [0.3, 0.4) is 0 Å². The van der Waals surface area contributed by atoms with Gasteiger partial charge in [0.25, 0.3) is 5.91 Å². The minimum absolute atomic E-state index is 0.0148. The number of H-pyrrole nitrogens is 1. The summed E-state index contributed by atoms with van der Waals surface area (Å²) in [5.74, 6) is 0.836. The Morgan fingerprint density at radius 2 is 1.88 bits per heavy atom. The van der Waals surface area contributed by atoms with Crippen molar-refractivity contribution in [3.05, 3.63) is 66.2 Å². The Bertz CT molecular complexity index is 1080. The van der Waals surface area contributed by atoms with Crippen LogP contribution < -0.4 is 0 Å². The summed E-state index contributed by atoms with van der Waals surface area (Å²) in [6.07, 6.45) is 5.13. The van der Waals surface area contributed by atoms with Crippen molar-refractivity contribution in [3.63, 3.8) is 0 Å². The number of hydrogen-bond acceptors (Lipinski definition) is 4. The van der Waals surface area contributed by atoms with Gasteiger partial charge in [0.15, 0.2) is 0 Å². The first-order chi connectivity index (χ1) is 12.8. The zero-order valence-corrected chi connectivity index (χ0v) is 14.1. The second-order valence-corrected chi connectivity index (χ2v) is 6.53. The van der Waals surface area contributed by atoms with Crippen molar-refractivity contribution >= 4 is 28.0 Å². The summed E-state index contributed by atoms with van der Waals surface area (Å²) in [6.45, 7) is 0.719. The number of hydrogen-bond donors (Lipinski definition) is 1. The van der Waals surface area contributed by atoms with Gasteiger partial charge in [0.2, 0.25) is 0 Å². The fourth-order valence-electron chi connectivity index (χ4n) is 3.74. The molecule has 6 nitrogen and oxygen atoms in total. The average Bonchev–Trinajstić information content (AvgIpc) is 3.33. The molecule has 128 valence electrons. The molecule has 2 aromatic heterocycles. The molecule has 0 radical (unpaired) electrons. The highest BCUT2D eigenvalue weighted by Crippen LogP contribution is 2.33. The van der Waals surface area contributed by atoms with Crippen molar-refractivity contribution in [2.45, 2.75) is 18.9 Å². The van der Waals surface area contributed by atoms with E-state index in [9.17, 15) is 4.79 Å². The summed E-state index contributed by atoms with van der Waals surface area (Å²) in [7, 11) is 0. The SMILES string of the molecule is O=C(c1cccc2nccnc12)N1CCCC1c1nc2ccccc2[nH]1. The van der Waals surface area contributed by atoms with Gasteiger partial charge in [0.05, 0.1) is 28.2 Å². The summed E-state index contributed by atoms with van der Waals surface area (Å²) >= 11 is 0. The van der Waals surface area contributed by atoms with E-state index in [1.165, 1.54) is 0 Å². The van der Waals surface area contributed by atoms with E-state index in [1.54, 1.807) is 12.4 Å². The van der Waals surface area contributed by atoms with Crippen LogP contribution in [-0.2, 0) is 0 Å². The number of nitrogens with one attached hydrogen (secondary N) is 1. The van der Waals surface area contributed by atoms with Crippen LogP contribution in [0.1, 0.15) is 35.1 Å². The van der Waals surface area contributed by atoms with E-state index in [0.717, 1.165) is 41.8 Å². The van der Waals surface area contributed by atoms with Crippen LogP contribution in [0.25, 0.3) is 22.1 Å². The number of para-hydroxylation sites is 3. The molecule has 1 N–H and O–H groups in total. The number of rotatable bonds is 2. The Hall–Kier alpha value is -3.28. The number of aromatic amines is 1. The van der Waals surface area contributed by atoms with Crippen molar-refractivity contribution < 1.29 is 4.79 Å². The van der Waals surface area contributed by atoms with E-state index in [-0.39, 0.29) is 11.9 Å². The van der Waals surface area contributed by atoms with Crippen LogP contribution in [0.15, 0.2) is 54.9 Å². The number of carbonyl (C=O) groups is 1. The van der Waals surface area contributed by atoms with Gasteiger partial charge in [-0.15, -0.1) is 0 Å². The quantitative estimate of drug-likeness (QED) is 0.605. The molecule has 1 aliphatic heterocycles. The first kappa shape index (κ1) is 15.0. The van der Waals surface area contributed by atoms with Gasteiger partial charge in [-0.1, -0.05) is 18.2 Å². The Morgan fingerprint density at radius 3 is 2.81 bits per heavy atom. The molecule has 1 unspecified atom stereocenters. The Labute approximate surface area is 149 Å². The summed E-state index contributed by atoms with van der Waals surface area (Å²) in [6, 6.07) is 13.5. The highest BCUT2D eigenvalue weighted by Gasteiger charge is 2.33. The molecule has 1 atom stereocenters. The lowest BCUT2D eigenvalue weighted by atomic mass is 10.1. The van der Waals surface area contributed by atoms with Gasteiger partial charge in [-0.25, -0.2) is 4.98 Å². The second-order valence-electron chi connectivity index (χ2n) is 6.53. The summed E-state index contributed by atoms with van der Waals surface area (Å²) in [4.78, 5) is 31.9. The first-order valence-corrected chi connectivity index (χ1v) is 8.76. The largest absolute Gasteiger partial charge is 0.340 e. The maximum atomic E-state index is 13.3. The fraction of sp³-hybridized carbons (Fsp3) is 0.200. The van der Waals surface area contributed by atoms with Crippen molar-refractivity contribution in [2.24, 2.45) is 0 Å². The summed E-state index contributed by atoms with van der Waals surface area (Å²) < 4.78 is 0. The number of imidazole rings is 1. The maximum absolute atomic E-state index is 13.3. The minimum Gasteiger partial charge on any atom is -0.340 e. The van der Waals surface area contributed by atoms with Crippen LogP contribution in [0, 0.1) is 0 Å². The topological polar surface area (TPSA) is 74.8 Å². The van der Waals surface area contributed by atoms with Crippen LogP contribution in [0.4, 0.5) is 0 Å². The third kappa shape index (κ3) is 2.34. The lowest BCUT2D eigenvalue weighted by molar-refractivity contribution is 0.0732. The maximum Gasteiger partial charge on any atom is 0.256 e. The molecule has 26 heavy (non-hydrogen) atoms. The van der Waals surface area contributed by atoms with E-state index in [4.69, 9.17) is 4.98 Å². The highest BCUT2D eigenvalue weighted by atomic mass is 16.2. The Kier molecular flexibility index (Phi) is 3.41. The van der Waals surface area contributed by atoms with E-state index in [2.05, 4.69) is 15.0 Å². The zero-order valence-electron chi connectivity index (χ0n) is 14.1. The van der Waals surface area contributed by atoms with Gasteiger partial charge in [0.1, 0.15) is 11.3 Å². The van der Waals surface area contributed by atoms with Crippen molar-refractivity contribution in [1.29, 1.82) is 0 Å². The van der Waals surface area contributed by atoms with Crippen LogP contribution in [0.2, 0.25) is 0 Å². The molecule has 6 heteroatoms. The minimum atomic E-state index is -0.0400. The first-order valence-electron chi connectivity index (χ1n) is 8.76. The molecule has 5 rings (SSSR count). The lowest BCUT2D eigenvalue weighted by Crippen LogP contribution is -2.31. The monoisotopic (exact) mass is 343 g/mol. The Balaban J connectivity index is 1.54. The molecule has 1 saturated heterocycles. The number of aromatic nitrogens is 4. The van der Waals surface area contributed by atoms with E-state index >= 15 is 0 Å². The molecule has 4 aromatic rings. The smallest absolute Gasteiger partial charge is 0.256 e. The number of carbonyl (C=O) groups excluding carboxylic acids is 1. The number of benzene rings is 2. The molecule has 3 heterocycles. The van der Waals surface area contributed by atoms with E-state index in [0.29, 0.717) is 11.1 Å². The van der Waals surface area contributed by atoms with Gasteiger partial charge < -0.3 is 9.88 Å². The summed E-state index contributed by atoms with van der Waals surface area (Å²) in [5.41, 5.74) is 3.90. The highest BCUT2D eigenvalue weighted by molar-refractivity contribution is 6.04. The molecule has 1 amide bonds. The zero-order chi connectivity index (χ0) is 17.5. The molecule has 0 spiro atoms. The second kappa shape index (κ2) is 5.91. The van der Waals surface area contributed by atoms with E-state index in [1.807, 2.05) is 47.4 Å². The number of nitrogens with zero attached hydrogens (tertiary/aromatic N) is 4. The molecule has 1 fully saturated rings. The number of amides is 1. The third-order valence-electron chi connectivity index (χ3n) is 4.97. The molecular weight excluding hydrogens is 326 g/mol. The normalized spacial score (nSPS) is 17.2. The third-order valence-corrected chi connectivity index (χ3v) is 4.97. The molecule has 2 aromatic carbocycles.